The van der Waals surface area contributed by atoms with E-state index in [0.717, 1.165) is 36.5 Å². The Hall–Kier alpha value is -2.40. The molecule has 5 rings (SSSR count). The maximum Gasteiger partial charge on any atom is 0.263 e. The lowest BCUT2D eigenvalue weighted by Gasteiger charge is -2.38. The van der Waals surface area contributed by atoms with Crippen LogP contribution in [0.5, 0.6) is 0 Å². The Bertz CT molecular complexity index is 1000. The van der Waals surface area contributed by atoms with Gasteiger partial charge in [0, 0.05) is 42.9 Å². The Labute approximate surface area is 156 Å². The second-order valence-corrected chi connectivity index (χ2v) is 8.26. The molecule has 0 spiro atoms. The van der Waals surface area contributed by atoms with Crippen molar-refractivity contribution in [2.75, 3.05) is 13.1 Å². The number of rotatable bonds is 2. The van der Waals surface area contributed by atoms with Gasteiger partial charge >= 0.3 is 0 Å². The van der Waals surface area contributed by atoms with Gasteiger partial charge in [-0.25, -0.2) is 0 Å². The third kappa shape index (κ3) is 2.42. The van der Waals surface area contributed by atoms with E-state index in [1.165, 1.54) is 27.8 Å². The van der Waals surface area contributed by atoms with Gasteiger partial charge in [-0.05, 0) is 29.9 Å². The van der Waals surface area contributed by atoms with E-state index >= 15 is 0 Å². The highest BCUT2D eigenvalue weighted by atomic mass is 32.1. The van der Waals surface area contributed by atoms with Crippen LogP contribution in [-0.2, 0) is 6.42 Å². The molecule has 1 aliphatic heterocycles. The summed E-state index contributed by atoms with van der Waals surface area (Å²) in [6.45, 7) is 3.91. The van der Waals surface area contributed by atoms with Gasteiger partial charge in [-0.15, -0.1) is 11.3 Å². The molecule has 4 nitrogen and oxygen atoms in total. The normalized spacial score (nSPS) is 22.1. The van der Waals surface area contributed by atoms with Gasteiger partial charge in [-0.2, -0.15) is 0 Å². The fourth-order valence-electron chi connectivity index (χ4n) is 4.27. The molecule has 1 aliphatic carbocycles. The first-order valence-corrected chi connectivity index (χ1v) is 10.1. The van der Waals surface area contributed by atoms with Crippen molar-refractivity contribution in [2.24, 2.45) is 5.92 Å². The van der Waals surface area contributed by atoms with Crippen molar-refractivity contribution in [1.82, 2.24) is 14.5 Å². The Morgan fingerprint density at radius 1 is 1.35 bits per heavy atom. The molecule has 2 aliphatic rings. The molecule has 26 heavy (non-hydrogen) atoms. The lowest BCUT2D eigenvalue weighted by molar-refractivity contribution is 0.0630. The largest absolute Gasteiger partial charge is 0.342 e. The van der Waals surface area contributed by atoms with Crippen molar-refractivity contribution >= 4 is 34.2 Å². The van der Waals surface area contributed by atoms with E-state index in [0.29, 0.717) is 12.0 Å². The minimum absolute atomic E-state index is 0.167. The number of carbonyl (C=O) groups excluding carboxylic acids is 1. The molecule has 2 atom stereocenters. The third-order valence-electron chi connectivity index (χ3n) is 5.76. The maximum atomic E-state index is 12.8. The lowest BCUT2D eigenvalue weighted by atomic mass is 9.92. The molecule has 1 fully saturated rings. The molecule has 3 aromatic rings. The van der Waals surface area contributed by atoms with Crippen LogP contribution in [0.2, 0.25) is 0 Å². The van der Waals surface area contributed by atoms with E-state index in [1.54, 1.807) is 0 Å². The van der Waals surface area contributed by atoms with Gasteiger partial charge in [0.2, 0.25) is 0 Å². The number of hydrogen-bond donors (Lipinski definition) is 0. The highest BCUT2D eigenvalue weighted by Crippen LogP contribution is 2.35. The fraction of sp³-hybridized carbons (Fsp3) is 0.333. The summed E-state index contributed by atoms with van der Waals surface area (Å²) in [7, 11) is 0. The van der Waals surface area contributed by atoms with Crippen LogP contribution < -0.4 is 0 Å². The summed E-state index contributed by atoms with van der Waals surface area (Å²) in [6.07, 6.45) is 10.5. The van der Waals surface area contributed by atoms with Crippen molar-refractivity contribution < 1.29 is 4.79 Å². The second kappa shape index (κ2) is 6.09. The molecule has 0 unspecified atom stereocenters. The smallest absolute Gasteiger partial charge is 0.263 e. The quantitative estimate of drug-likeness (QED) is 0.677. The zero-order valence-corrected chi connectivity index (χ0v) is 15.6. The number of carbonyl (C=O) groups is 1. The van der Waals surface area contributed by atoms with Crippen LogP contribution in [0.25, 0.3) is 17.0 Å². The third-order valence-corrected chi connectivity index (χ3v) is 6.62. The number of hydrogen-bond acceptors (Lipinski definition) is 3. The second-order valence-electron chi connectivity index (χ2n) is 7.31. The van der Waals surface area contributed by atoms with Crippen molar-refractivity contribution in [3.63, 3.8) is 0 Å². The maximum absolute atomic E-state index is 12.8. The van der Waals surface area contributed by atoms with E-state index in [9.17, 15) is 4.79 Å². The van der Waals surface area contributed by atoms with Gasteiger partial charge in [0.15, 0.2) is 0 Å². The predicted molar refractivity (Wildman–Crippen MR) is 106 cm³/mol. The Morgan fingerprint density at radius 3 is 3.12 bits per heavy atom. The van der Waals surface area contributed by atoms with Gasteiger partial charge in [-0.3, -0.25) is 9.78 Å². The molecule has 3 aromatic heterocycles. The van der Waals surface area contributed by atoms with Crippen LogP contribution >= 0.6 is 11.3 Å². The van der Waals surface area contributed by atoms with Crippen LogP contribution in [0.1, 0.15) is 40.3 Å². The van der Waals surface area contributed by atoms with E-state index < -0.39 is 0 Å². The minimum Gasteiger partial charge on any atom is -0.342 e. The van der Waals surface area contributed by atoms with Gasteiger partial charge < -0.3 is 9.47 Å². The molecular weight excluding hydrogens is 342 g/mol. The van der Waals surface area contributed by atoms with Gasteiger partial charge in [0.1, 0.15) is 0 Å². The van der Waals surface area contributed by atoms with Crippen molar-refractivity contribution in [3.05, 3.63) is 58.2 Å². The van der Waals surface area contributed by atoms with Crippen molar-refractivity contribution in [1.29, 1.82) is 0 Å². The first kappa shape index (κ1) is 15.8. The van der Waals surface area contributed by atoms with E-state index in [4.69, 9.17) is 0 Å². The first-order chi connectivity index (χ1) is 12.7. The summed E-state index contributed by atoms with van der Waals surface area (Å²) < 4.78 is 2.39. The molecule has 0 saturated carbocycles. The molecule has 0 bridgehead atoms. The molecule has 0 aromatic carbocycles. The van der Waals surface area contributed by atoms with E-state index in [1.807, 2.05) is 28.6 Å². The molecular formula is C21H21N3OS. The lowest BCUT2D eigenvalue weighted by Crippen LogP contribution is -2.43. The number of aromatic nitrogens is 2. The van der Waals surface area contributed by atoms with Crippen molar-refractivity contribution in [3.8, 4) is 0 Å². The van der Waals surface area contributed by atoms with E-state index in [-0.39, 0.29) is 5.91 Å². The number of likely N-dealkylation sites (tertiary alicyclic amines) is 1. The summed E-state index contributed by atoms with van der Waals surface area (Å²) in [6, 6.07) is 6.32. The summed E-state index contributed by atoms with van der Waals surface area (Å²) in [5.74, 6) is 0.701. The van der Waals surface area contributed by atoms with Crippen LogP contribution in [0, 0.1) is 5.92 Å². The predicted octanol–water partition coefficient (Wildman–Crippen LogP) is 4.39. The summed E-state index contributed by atoms with van der Waals surface area (Å²) in [4.78, 5) is 20.3. The van der Waals surface area contributed by atoms with Gasteiger partial charge in [0.25, 0.3) is 5.91 Å². The molecule has 1 saturated heterocycles. The number of fused-ring (bicyclic) bond motifs is 3. The van der Waals surface area contributed by atoms with Gasteiger partial charge in [-0.1, -0.05) is 25.1 Å². The average molecular weight is 363 g/mol. The van der Waals surface area contributed by atoms with Crippen LogP contribution in [0.4, 0.5) is 0 Å². The number of piperidine rings is 1. The fourth-order valence-corrected chi connectivity index (χ4v) is 4.96. The highest BCUT2D eigenvalue weighted by Gasteiger charge is 2.32. The monoisotopic (exact) mass is 363 g/mol. The molecule has 0 N–H and O–H groups in total. The topological polar surface area (TPSA) is 38.1 Å². The molecule has 132 valence electrons. The van der Waals surface area contributed by atoms with Gasteiger partial charge in [0.05, 0.1) is 22.1 Å². The van der Waals surface area contributed by atoms with Crippen LogP contribution in [0.3, 0.4) is 0 Å². The first-order valence-electron chi connectivity index (χ1n) is 9.20. The van der Waals surface area contributed by atoms with Crippen LogP contribution in [0.15, 0.2) is 42.0 Å². The molecule has 4 heterocycles. The summed E-state index contributed by atoms with van der Waals surface area (Å²) in [5.41, 5.74) is 3.68. The average Bonchev–Trinajstić information content (AvgIpc) is 3.40. The minimum atomic E-state index is 0.167. The molecule has 1 amide bonds. The highest BCUT2D eigenvalue weighted by molar-refractivity contribution is 7.12. The zero-order chi connectivity index (χ0) is 17.7. The Morgan fingerprint density at radius 2 is 2.27 bits per heavy atom. The SMILES string of the molecule is C[C@@H]1CCN(C(=O)c2cccs2)C[C@@H]1n1ccc2cnc3c(c21)C=CC3. The summed E-state index contributed by atoms with van der Waals surface area (Å²) >= 11 is 1.53. The summed E-state index contributed by atoms with van der Waals surface area (Å²) in [5, 5.41) is 3.16. The number of pyridine rings is 1. The Balaban J connectivity index is 1.53. The van der Waals surface area contributed by atoms with Crippen LogP contribution in [-0.4, -0.2) is 33.4 Å². The zero-order valence-electron chi connectivity index (χ0n) is 14.8. The number of amides is 1. The molecule has 0 radical (unpaired) electrons. The Kier molecular flexibility index (Phi) is 3.71. The number of thiophene rings is 1. The molecule has 5 heteroatoms. The van der Waals surface area contributed by atoms with Crippen molar-refractivity contribution in [2.45, 2.75) is 25.8 Å². The van der Waals surface area contributed by atoms with E-state index in [2.05, 4.69) is 40.9 Å². The number of nitrogens with zero attached hydrogens (tertiary/aromatic N) is 3. The number of allylic oxidation sites excluding steroid dienone is 1. The standard InChI is InChI=1S/C21H21N3OS/c1-14-7-9-23(21(25)19-6-3-11-26-19)13-18(14)24-10-8-15-12-22-17-5-2-4-16(17)20(15)24/h2-4,6,8,10-12,14,18H,5,7,9,13H2,1H3/t14-,18+/m1/s1.